The fourth-order valence-corrected chi connectivity index (χ4v) is 12.6. The molecule has 2 N–H and O–H groups in total. The smallest absolute Gasteiger partial charge is 0.409 e. The fourth-order valence-electron chi connectivity index (χ4n) is 9.70. The number of ketones is 1. The van der Waals surface area contributed by atoms with E-state index in [0.717, 1.165) is 43.2 Å². The van der Waals surface area contributed by atoms with Crippen molar-refractivity contribution in [3.63, 3.8) is 0 Å². The molecule has 0 aromatic heterocycles. The molecule has 4 aliphatic rings. The van der Waals surface area contributed by atoms with Gasteiger partial charge in [0, 0.05) is 62.8 Å². The van der Waals surface area contributed by atoms with E-state index in [9.17, 15) is 29.1 Å². The molecule has 14 nitrogen and oxygen atoms in total. The molecule has 17 heteroatoms. The molecule has 69 heavy (non-hydrogen) atoms. The lowest BCUT2D eigenvalue weighted by atomic mass is 9.83. The molecule has 0 spiro atoms. The second-order valence-corrected chi connectivity index (χ2v) is 23.9. The SMILES string of the molecule is COc1cc2cc(c1Cl)N(C)C(=O)C[C@@H](OC(=O)[C@@H](C)N(C)C(=O)CCSSC(C)(C)CCC(=O)C1CCCCCCCCCC1)[C@@]1(C)O[C@@H]1[C@@H](C)[C@H]1C[C@](O)(NC(=O)O1)[C@@H](OC)/C=C/C=C(\C)C2. The minimum atomic E-state index is -1.84. The Morgan fingerprint density at radius 3 is 2.35 bits per heavy atom. The number of rotatable bonds is 14. The van der Waals surface area contributed by atoms with E-state index in [1.807, 2.05) is 19.9 Å². The van der Waals surface area contributed by atoms with Crippen LogP contribution >= 0.6 is 33.2 Å². The number of alkyl carbamates (subject to hydrolysis) is 1. The molecule has 2 saturated heterocycles. The number of aliphatic hydroxyl groups is 1. The molecule has 1 saturated carbocycles. The van der Waals surface area contributed by atoms with Crippen LogP contribution in [0.2, 0.25) is 5.02 Å². The number of epoxide rings is 1. The van der Waals surface area contributed by atoms with Gasteiger partial charge in [-0.1, -0.05) is 115 Å². The number of fused-ring (bicyclic) bond motifs is 5. The minimum Gasteiger partial charge on any atom is -0.495 e. The van der Waals surface area contributed by atoms with Gasteiger partial charge in [-0.05, 0) is 78.0 Å². The lowest BCUT2D eigenvalue weighted by molar-refractivity contribution is -0.162. The summed E-state index contributed by atoms with van der Waals surface area (Å²) in [5.74, 6) is -0.529. The number of hydrogen-bond acceptors (Lipinski definition) is 13. The molecule has 1 aromatic carbocycles. The predicted molar refractivity (Wildman–Crippen MR) is 274 cm³/mol. The third-order valence-electron chi connectivity index (χ3n) is 14.5. The third-order valence-corrected chi connectivity index (χ3v) is 18.2. The summed E-state index contributed by atoms with van der Waals surface area (Å²) in [5.41, 5.74) is -0.966. The molecule has 0 radical (unpaired) electrons. The molecule has 3 fully saturated rings. The summed E-state index contributed by atoms with van der Waals surface area (Å²) < 4.78 is 29.4. The molecule has 3 heterocycles. The first-order valence-electron chi connectivity index (χ1n) is 24.8. The summed E-state index contributed by atoms with van der Waals surface area (Å²) in [6.45, 7) is 11.3. The Morgan fingerprint density at radius 1 is 1.06 bits per heavy atom. The minimum absolute atomic E-state index is 0.0596. The molecule has 4 bridgehead atoms. The van der Waals surface area contributed by atoms with Crippen molar-refractivity contribution in [2.45, 2.75) is 191 Å². The van der Waals surface area contributed by atoms with Crippen molar-refractivity contribution >= 4 is 68.5 Å². The zero-order valence-electron chi connectivity index (χ0n) is 42.6. The molecule has 1 aromatic rings. The Morgan fingerprint density at radius 2 is 1.71 bits per heavy atom. The average Bonchev–Trinajstić information content (AvgIpc) is 4.02. The van der Waals surface area contributed by atoms with E-state index in [0.29, 0.717) is 35.8 Å². The van der Waals surface area contributed by atoms with Gasteiger partial charge in [-0.25, -0.2) is 9.59 Å². The Labute approximate surface area is 423 Å². The number of esters is 1. The second-order valence-electron chi connectivity index (χ2n) is 20.4. The molecule has 1 aliphatic carbocycles. The number of methoxy groups -OCH3 is 2. The van der Waals surface area contributed by atoms with Crippen LogP contribution in [0.1, 0.15) is 143 Å². The van der Waals surface area contributed by atoms with Crippen LogP contribution in [0.3, 0.4) is 0 Å². The molecule has 3 aliphatic heterocycles. The quantitative estimate of drug-likeness (QED) is 0.0781. The fraction of sp³-hybridized carbons (Fsp3) is 0.712. The number of hydrogen-bond donors (Lipinski definition) is 2. The number of amides is 3. The van der Waals surface area contributed by atoms with Gasteiger partial charge in [-0.15, -0.1) is 0 Å². The Balaban J connectivity index is 1.27. The maximum Gasteiger partial charge on any atom is 0.409 e. The van der Waals surface area contributed by atoms with Crippen molar-refractivity contribution in [3.05, 3.63) is 46.5 Å². The van der Waals surface area contributed by atoms with Gasteiger partial charge in [0.25, 0.3) is 0 Å². The zero-order chi connectivity index (χ0) is 50.7. The van der Waals surface area contributed by atoms with E-state index < -0.39 is 65.7 Å². The third kappa shape index (κ3) is 15.4. The number of likely N-dealkylation sites (N-methyl/N-ethyl adjacent to an activating group) is 1. The highest BCUT2D eigenvalue weighted by molar-refractivity contribution is 8.77. The van der Waals surface area contributed by atoms with Crippen molar-refractivity contribution in [1.29, 1.82) is 0 Å². The first kappa shape index (κ1) is 56.6. The van der Waals surface area contributed by atoms with Crippen LogP contribution in [0, 0.1) is 11.8 Å². The topological polar surface area (TPSA) is 174 Å². The molecule has 3 amide bonds. The van der Waals surface area contributed by atoms with E-state index in [2.05, 4.69) is 19.2 Å². The molecule has 386 valence electrons. The van der Waals surface area contributed by atoms with Gasteiger partial charge in [0.2, 0.25) is 11.8 Å². The van der Waals surface area contributed by atoms with Crippen LogP contribution in [0.25, 0.3) is 0 Å². The Hall–Kier alpha value is -3.28. The van der Waals surface area contributed by atoms with Crippen LogP contribution in [0.15, 0.2) is 35.9 Å². The van der Waals surface area contributed by atoms with E-state index in [-0.39, 0.29) is 40.9 Å². The van der Waals surface area contributed by atoms with E-state index >= 15 is 0 Å². The maximum atomic E-state index is 14.4. The van der Waals surface area contributed by atoms with Gasteiger partial charge in [0.15, 0.2) is 5.72 Å². The van der Waals surface area contributed by atoms with Gasteiger partial charge < -0.3 is 38.6 Å². The van der Waals surface area contributed by atoms with E-state index in [1.165, 1.54) is 62.5 Å². The number of carbonyl (C=O) groups excluding carboxylic acids is 5. The molecular formula is C52H78ClN3O11S2. The first-order chi connectivity index (χ1) is 32.6. The van der Waals surface area contributed by atoms with Crippen LogP contribution in [0.4, 0.5) is 10.5 Å². The van der Waals surface area contributed by atoms with Crippen LogP contribution < -0.4 is 15.0 Å². The summed E-state index contributed by atoms with van der Waals surface area (Å²) >= 11 is 6.83. The number of anilines is 1. The highest BCUT2D eigenvalue weighted by Gasteiger charge is 2.64. The van der Waals surface area contributed by atoms with E-state index in [1.54, 1.807) is 73.8 Å². The van der Waals surface area contributed by atoms with Gasteiger partial charge in [0.1, 0.15) is 46.5 Å². The zero-order valence-corrected chi connectivity index (χ0v) is 45.0. The summed E-state index contributed by atoms with van der Waals surface area (Å²) in [6.07, 6.45) is 14.2. The molecular weight excluding hydrogens is 942 g/mol. The number of carbonyl (C=O) groups is 5. The number of ether oxygens (including phenoxy) is 5. The molecule has 5 rings (SSSR count). The second kappa shape index (κ2) is 25.4. The van der Waals surface area contributed by atoms with Gasteiger partial charge in [0.05, 0.1) is 25.3 Å². The number of nitrogens with one attached hydrogen (secondary N) is 1. The summed E-state index contributed by atoms with van der Waals surface area (Å²) in [7, 11) is 9.35. The standard InChI is InChI=1S/C52H78ClN3O11S2/c1-33-20-19-23-42(64-10)52(62)32-41(65-49(61)54-52)34(2)47-51(6,67-47)43(31-45(59)56(8)38-29-36(28-33)30-40(63-9)46(38)53)66-48(60)35(3)55(7)44(58)25-27-68-69-50(4,5)26-24-39(57)37-21-17-15-13-11-12-14-16-18-22-37/h19-20,23,29-30,34-35,37,41-43,47,62H,11-18,21-22,24-28,31-32H2,1-10H3,(H,54,61)/b23-19+,33-20+/t34-,35+,41+,42-,43+,47+,51+,52+/m0/s1. The monoisotopic (exact) mass is 1020 g/mol. The maximum absolute atomic E-state index is 14.4. The molecule has 0 unspecified atom stereocenters. The average molecular weight is 1020 g/mol. The van der Waals surface area contributed by atoms with E-state index in [4.69, 9.17) is 35.3 Å². The first-order valence-corrected chi connectivity index (χ1v) is 27.5. The Kier molecular flexibility index (Phi) is 20.8. The summed E-state index contributed by atoms with van der Waals surface area (Å²) in [5, 5.41) is 14.6. The number of Topliss-reactive ketones (excluding diaryl/α,β-unsaturated/α-hetero) is 1. The van der Waals surface area contributed by atoms with Gasteiger partial charge in [-0.2, -0.15) is 0 Å². The summed E-state index contributed by atoms with van der Waals surface area (Å²) in [6, 6.07) is 2.59. The summed E-state index contributed by atoms with van der Waals surface area (Å²) in [4.78, 5) is 71.2. The number of nitrogens with zero attached hydrogens (tertiary/aromatic N) is 2. The Bertz CT molecular complexity index is 2020. The number of halogens is 1. The predicted octanol–water partition coefficient (Wildman–Crippen LogP) is 9.94. The lowest BCUT2D eigenvalue weighted by Crippen LogP contribution is -2.63. The van der Waals surface area contributed by atoms with Crippen molar-refractivity contribution in [2.24, 2.45) is 11.8 Å². The highest BCUT2D eigenvalue weighted by Crippen LogP contribution is 2.49. The lowest BCUT2D eigenvalue weighted by Gasteiger charge is -2.42. The number of benzene rings is 1. The van der Waals surface area contributed by atoms with Crippen molar-refractivity contribution < 1.29 is 52.8 Å². The number of allylic oxidation sites excluding steroid dienone is 3. The van der Waals surface area contributed by atoms with Crippen molar-refractivity contribution in [1.82, 2.24) is 10.2 Å². The van der Waals surface area contributed by atoms with Crippen molar-refractivity contribution in [3.8, 4) is 5.75 Å². The molecule has 8 atom stereocenters. The normalized spacial score (nSPS) is 29.4. The van der Waals surface area contributed by atoms with Crippen LogP contribution in [-0.4, -0.2) is 120 Å². The van der Waals surface area contributed by atoms with Gasteiger partial charge >= 0.3 is 12.1 Å². The van der Waals surface area contributed by atoms with Gasteiger partial charge in [-0.3, -0.25) is 19.7 Å². The highest BCUT2D eigenvalue weighted by atomic mass is 35.5. The van der Waals surface area contributed by atoms with Crippen molar-refractivity contribution in [2.75, 3.05) is 39.0 Å². The largest absolute Gasteiger partial charge is 0.495 e. The van der Waals surface area contributed by atoms with Crippen LogP contribution in [0.5, 0.6) is 5.75 Å². The van der Waals surface area contributed by atoms with Crippen LogP contribution in [-0.2, 0) is 44.5 Å².